The van der Waals surface area contributed by atoms with Crippen molar-refractivity contribution in [2.45, 2.75) is 40.2 Å². The third kappa shape index (κ3) is 9.98. The second-order valence-corrected chi connectivity index (χ2v) is 11.8. The summed E-state index contributed by atoms with van der Waals surface area (Å²) in [5.74, 6) is 0.231. The van der Waals surface area contributed by atoms with Crippen LogP contribution in [0.1, 0.15) is 59.9 Å². The van der Waals surface area contributed by atoms with Gasteiger partial charge in [-0.2, -0.15) is 0 Å². The molecule has 0 fully saturated rings. The van der Waals surface area contributed by atoms with Crippen LogP contribution in [0.25, 0.3) is 21.5 Å². The molecule has 0 saturated carbocycles. The van der Waals surface area contributed by atoms with E-state index < -0.39 is 11.9 Å². The van der Waals surface area contributed by atoms with Gasteiger partial charge in [-0.1, -0.05) is 69.3 Å². The van der Waals surface area contributed by atoms with Gasteiger partial charge in [0.05, 0.1) is 5.56 Å². The molecule has 8 nitrogen and oxygen atoms in total. The maximum absolute atomic E-state index is 13.5. The van der Waals surface area contributed by atoms with E-state index in [0.29, 0.717) is 41.5 Å². The van der Waals surface area contributed by atoms with Crippen LogP contribution in [0.5, 0.6) is 17.2 Å². The maximum Gasteiger partial charge on any atom is 0.347 e. The maximum atomic E-state index is 13.5. The van der Waals surface area contributed by atoms with Crippen molar-refractivity contribution in [3.63, 3.8) is 0 Å². The highest BCUT2D eigenvalue weighted by Gasteiger charge is 2.19. The van der Waals surface area contributed by atoms with Crippen molar-refractivity contribution < 1.29 is 28.6 Å². The van der Waals surface area contributed by atoms with E-state index in [2.05, 4.69) is 49.8 Å². The Bertz CT molecular complexity index is 1840. The standard InChI is InChI=1S/C40H44N2O5.CH2O/c1-5-20-41(4)22-23-45-38-27-32-15-11-10-14-31(32)26-37(38)40(44)47-35-18-16-34(17-19-35)46-39(43)36-25-30-13-9-8-12-29(30)24-33(36)28-42(7-3)21-6-2;1-2/h8-19,24-27H,5-7,20-23,28H2,1-4H3;1H2. The number of ether oxygens (including phenoxy) is 3. The van der Waals surface area contributed by atoms with Gasteiger partial charge in [-0.25, -0.2) is 9.59 Å². The number of hydrogen-bond acceptors (Lipinski definition) is 8. The molecular formula is C41H46N2O6. The lowest BCUT2D eigenvalue weighted by molar-refractivity contribution is -0.0980. The van der Waals surface area contributed by atoms with Gasteiger partial charge in [0, 0.05) is 13.1 Å². The van der Waals surface area contributed by atoms with Crippen LogP contribution in [-0.2, 0) is 11.3 Å². The number of likely N-dealkylation sites (N-methyl/N-ethyl adjacent to an activating group) is 1. The highest BCUT2D eigenvalue weighted by atomic mass is 16.5. The Hall–Kier alpha value is -5.05. The molecule has 0 saturated heterocycles. The van der Waals surface area contributed by atoms with E-state index in [-0.39, 0.29) is 0 Å². The average Bonchev–Trinajstić information content (AvgIpc) is 3.12. The molecule has 0 radical (unpaired) electrons. The summed E-state index contributed by atoms with van der Waals surface area (Å²) in [6, 6.07) is 30.1. The van der Waals surface area contributed by atoms with Crippen LogP contribution < -0.4 is 14.2 Å². The number of hydrogen-bond donors (Lipinski definition) is 0. The molecule has 0 N–H and O–H groups in total. The van der Waals surface area contributed by atoms with Crippen LogP contribution in [0.2, 0.25) is 0 Å². The van der Waals surface area contributed by atoms with Crippen molar-refractivity contribution in [1.82, 2.24) is 9.80 Å². The van der Waals surface area contributed by atoms with Gasteiger partial charge in [0.15, 0.2) is 0 Å². The molecule has 0 atom stereocenters. The molecule has 0 aliphatic heterocycles. The van der Waals surface area contributed by atoms with E-state index >= 15 is 0 Å². The summed E-state index contributed by atoms with van der Waals surface area (Å²) >= 11 is 0. The number of esters is 2. The Kier molecular flexibility index (Phi) is 13.9. The first kappa shape index (κ1) is 36.8. The molecule has 0 unspecified atom stereocenters. The minimum atomic E-state index is -0.522. The van der Waals surface area contributed by atoms with Gasteiger partial charge in [0.2, 0.25) is 0 Å². The quantitative estimate of drug-likeness (QED) is 0.0820. The van der Waals surface area contributed by atoms with E-state index in [9.17, 15) is 9.59 Å². The summed E-state index contributed by atoms with van der Waals surface area (Å²) in [5.41, 5.74) is 1.82. The smallest absolute Gasteiger partial charge is 0.347 e. The van der Waals surface area contributed by atoms with Crippen molar-refractivity contribution >= 4 is 40.3 Å². The second-order valence-electron chi connectivity index (χ2n) is 11.8. The minimum Gasteiger partial charge on any atom is -0.491 e. The van der Waals surface area contributed by atoms with Gasteiger partial charge in [0.1, 0.15) is 36.2 Å². The lowest BCUT2D eigenvalue weighted by atomic mass is 10.00. The van der Waals surface area contributed by atoms with Crippen LogP contribution in [-0.4, -0.2) is 68.4 Å². The van der Waals surface area contributed by atoms with Gasteiger partial charge >= 0.3 is 11.9 Å². The number of nitrogens with zero attached hydrogens (tertiary/aromatic N) is 2. The molecule has 256 valence electrons. The monoisotopic (exact) mass is 662 g/mol. The minimum absolute atomic E-state index is 0.334. The lowest BCUT2D eigenvalue weighted by Gasteiger charge is -2.21. The number of carbonyl (C=O) groups excluding carboxylic acids is 3. The molecule has 0 heterocycles. The Morgan fingerprint density at radius 1 is 0.633 bits per heavy atom. The normalized spacial score (nSPS) is 11.0. The van der Waals surface area contributed by atoms with Crippen molar-refractivity contribution in [3.8, 4) is 17.2 Å². The molecule has 49 heavy (non-hydrogen) atoms. The van der Waals surface area contributed by atoms with Gasteiger partial charge in [-0.3, -0.25) is 4.90 Å². The fourth-order valence-corrected chi connectivity index (χ4v) is 5.72. The molecule has 5 rings (SSSR count). The molecule has 5 aromatic rings. The number of rotatable bonds is 15. The predicted octanol–water partition coefficient (Wildman–Crippen LogP) is 8.20. The topological polar surface area (TPSA) is 85.4 Å². The van der Waals surface area contributed by atoms with Crippen molar-refractivity contribution in [3.05, 3.63) is 114 Å². The molecular weight excluding hydrogens is 616 g/mol. The van der Waals surface area contributed by atoms with Gasteiger partial charge < -0.3 is 23.9 Å². The summed E-state index contributed by atoms with van der Waals surface area (Å²) in [5, 5.41) is 3.96. The van der Waals surface area contributed by atoms with Crippen LogP contribution in [0, 0.1) is 0 Å². The fraction of sp³-hybridized carbons (Fsp3) is 0.293. The zero-order chi connectivity index (χ0) is 35.2. The van der Waals surface area contributed by atoms with Gasteiger partial charge in [0.25, 0.3) is 0 Å². The summed E-state index contributed by atoms with van der Waals surface area (Å²) < 4.78 is 17.7. The Morgan fingerprint density at radius 2 is 1.12 bits per heavy atom. The molecule has 0 aromatic heterocycles. The van der Waals surface area contributed by atoms with E-state index in [1.807, 2.05) is 61.4 Å². The molecule has 0 aliphatic rings. The first-order chi connectivity index (χ1) is 23.9. The van der Waals surface area contributed by atoms with E-state index in [0.717, 1.165) is 66.1 Å². The first-order valence-electron chi connectivity index (χ1n) is 16.8. The highest BCUT2D eigenvalue weighted by Crippen LogP contribution is 2.29. The van der Waals surface area contributed by atoms with E-state index in [1.54, 1.807) is 30.3 Å². The number of fused-ring (bicyclic) bond motifs is 2. The van der Waals surface area contributed by atoms with E-state index in [1.165, 1.54) is 0 Å². The fourth-order valence-electron chi connectivity index (χ4n) is 5.72. The van der Waals surface area contributed by atoms with Gasteiger partial charge in [-0.15, -0.1) is 0 Å². The van der Waals surface area contributed by atoms with Crippen LogP contribution in [0.4, 0.5) is 0 Å². The zero-order valence-electron chi connectivity index (χ0n) is 28.9. The van der Waals surface area contributed by atoms with Crippen molar-refractivity contribution in [2.75, 3.05) is 39.8 Å². The number of benzene rings is 5. The Balaban J connectivity index is 0.00000265. The Morgan fingerprint density at radius 3 is 1.65 bits per heavy atom. The zero-order valence-corrected chi connectivity index (χ0v) is 28.9. The summed E-state index contributed by atoms with van der Waals surface area (Å²) in [4.78, 5) is 39.5. The van der Waals surface area contributed by atoms with Crippen LogP contribution in [0.3, 0.4) is 0 Å². The van der Waals surface area contributed by atoms with Crippen molar-refractivity contribution in [1.29, 1.82) is 0 Å². The van der Waals surface area contributed by atoms with Crippen LogP contribution in [0.15, 0.2) is 97.1 Å². The summed E-state index contributed by atoms with van der Waals surface area (Å²) in [6.45, 7) is 13.1. The van der Waals surface area contributed by atoms with Crippen LogP contribution >= 0.6 is 0 Å². The summed E-state index contributed by atoms with van der Waals surface area (Å²) in [7, 11) is 2.05. The molecule has 0 amide bonds. The molecule has 0 bridgehead atoms. The largest absolute Gasteiger partial charge is 0.491 e. The molecule has 0 aliphatic carbocycles. The third-order valence-corrected chi connectivity index (χ3v) is 8.22. The van der Waals surface area contributed by atoms with Gasteiger partial charge in [-0.05, 0) is 115 Å². The Labute approximate surface area is 289 Å². The van der Waals surface area contributed by atoms with Crippen molar-refractivity contribution in [2.24, 2.45) is 0 Å². The highest BCUT2D eigenvalue weighted by molar-refractivity contribution is 6.00. The third-order valence-electron chi connectivity index (χ3n) is 8.22. The second kappa shape index (κ2) is 18.5. The molecule has 5 aromatic carbocycles. The lowest BCUT2D eigenvalue weighted by Crippen LogP contribution is -2.25. The predicted molar refractivity (Wildman–Crippen MR) is 196 cm³/mol. The molecule has 8 heteroatoms. The summed E-state index contributed by atoms with van der Waals surface area (Å²) in [6.07, 6.45) is 2.09. The molecule has 0 spiro atoms. The first-order valence-corrected chi connectivity index (χ1v) is 16.8. The number of carbonyl (C=O) groups is 3. The van der Waals surface area contributed by atoms with E-state index in [4.69, 9.17) is 19.0 Å². The average molecular weight is 663 g/mol. The SMILES string of the molecule is C=O.CCCN(C)CCOc1cc2ccccc2cc1C(=O)Oc1ccc(OC(=O)c2cc3ccccc3cc2CN(CC)CCC)cc1.